The van der Waals surface area contributed by atoms with Crippen molar-refractivity contribution in [2.75, 3.05) is 6.61 Å². The molecule has 21 heteroatoms. The Hall–Kier alpha value is -1.03. The van der Waals surface area contributed by atoms with Crippen LogP contribution in [0.25, 0.3) is 11.2 Å². The van der Waals surface area contributed by atoms with Gasteiger partial charge in [-0.1, -0.05) is 0 Å². The van der Waals surface area contributed by atoms with Crippen LogP contribution in [0.5, 0.6) is 0 Å². The van der Waals surface area contributed by atoms with Crippen molar-refractivity contribution >= 4 is 46.2 Å². The second-order valence-electron chi connectivity index (χ2n) is 6.99. The van der Waals surface area contributed by atoms with Crippen LogP contribution in [-0.2, 0) is 31.6 Å². The maximum Gasteiger partial charge on any atom is 0.490 e. The maximum atomic E-state index is 12.0. The monoisotopic (exact) mass is 554 g/mol. The fraction of sp³-hybridized carbons (Fsp3) is 0.583. The SMILES string of the molecule is Cc1nc2c(ncn2[C@@H]2O[C@H](COP(=O)(O)OP(=O)(O)OP(=O)(O)O)[C@@H](O)[C@@]2(C)Cl)c(=O)[nH]1. The third kappa shape index (κ3) is 5.97. The Bertz CT molecular complexity index is 1260. The molecule has 1 fully saturated rings. The van der Waals surface area contributed by atoms with E-state index in [4.69, 9.17) is 26.1 Å². The molecule has 0 aliphatic carbocycles. The lowest BCUT2D eigenvalue weighted by molar-refractivity contribution is -0.0432. The maximum absolute atomic E-state index is 12.0. The molecule has 0 radical (unpaired) electrons. The van der Waals surface area contributed by atoms with Crippen LogP contribution in [0.3, 0.4) is 0 Å². The molecule has 1 aliphatic rings. The number of imidazole rings is 1. The van der Waals surface area contributed by atoms with Gasteiger partial charge < -0.3 is 34.4 Å². The van der Waals surface area contributed by atoms with E-state index in [0.717, 1.165) is 0 Å². The zero-order valence-electron chi connectivity index (χ0n) is 16.6. The number of rotatable bonds is 8. The first-order valence-electron chi connectivity index (χ1n) is 8.66. The number of fused-ring (bicyclic) bond motifs is 1. The number of hydrogen-bond acceptors (Lipinski definition) is 11. The van der Waals surface area contributed by atoms with Crippen molar-refractivity contribution in [3.63, 3.8) is 0 Å². The molecule has 2 aromatic rings. The number of aliphatic hydroxyl groups is 1. The summed E-state index contributed by atoms with van der Waals surface area (Å²) in [5.74, 6) is 0.258. The first kappa shape index (κ1) is 26.6. The lowest BCUT2D eigenvalue weighted by Gasteiger charge is -2.26. The number of alkyl halides is 1. The lowest BCUT2D eigenvalue weighted by Crippen LogP contribution is -2.39. The van der Waals surface area contributed by atoms with Gasteiger partial charge in [0.2, 0.25) is 0 Å². The van der Waals surface area contributed by atoms with Crippen molar-refractivity contribution in [2.24, 2.45) is 0 Å². The van der Waals surface area contributed by atoms with Crippen molar-refractivity contribution in [1.29, 1.82) is 0 Å². The minimum absolute atomic E-state index is 0.0390. The van der Waals surface area contributed by atoms with E-state index in [1.165, 1.54) is 24.7 Å². The van der Waals surface area contributed by atoms with E-state index in [2.05, 4.69) is 28.1 Å². The number of nitrogens with zero attached hydrogens (tertiary/aromatic N) is 3. The van der Waals surface area contributed by atoms with Crippen molar-refractivity contribution in [2.45, 2.75) is 37.2 Å². The number of aliphatic hydroxyl groups excluding tert-OH is 1. The summed E-state index contributed by atoms with van der Waals surface area (Å²) in [6.45, 7) is 1.96. The number of nitrogens with one attached hydrogen (secondary N) is 1. The lowest BCUT2D eigenvalue weighted by atomic mass is 10.0. The molecule has 1 aliphatic heterocycles. The van der Waals surface area contributed by atoms with Gasteiger partial charge in [0, 0.05) is 0 Å². The number of H-pyrrole nitrogens is 1. The van der Waals surface area contributed by atoms with E-state index in [9.17, 15) is 33.4 Å². The quantitative estimate of drug-likeness (QED) is 0.186. The van der Waals surface area contributed by atoms with Gasteiger partial charge in [-0.3, -0.25) is 13.9 Å². The molecule has 0 saturated carbocycles. The number of phosphoric acid groups is 3. The number of aryl methyl sites for hydroxylation is 1. The summed E-state index contributed by atoms with van der Waals surface area (Å²) in [5.41, 5.74) is -0.494. The number of halogens is 1. The first-order chi connectivity index (χ1) is 14.9. The molecule has 17 nitrogen and oxygen atoms in total. The van der Waals surface area contributed by atoms with Crippen molar-refractivity contribution in [1.82, 2.24) is 19.5 Å². The summed E-state index contributed by atoms with van der Waals surface area (Å²) < 4.78 is 52.6. The van der Waals surface area contributed by atoms with Crippen molar-refractivity contribution in [3.8, 4) is 0 Å². The Morgan fingerprint density at radius 2 is 1.88 bits per heavy atom. The van der Waals surface area contributed by atoms with Crippen LogP contribution in [0.2, 0.25) is 0 Å². The molecule has 0 bridgehead atoms. The van der Waals surface area contributed by atoms with Crippen LogP contribution >= 0.6 is 35.1 Å². The molecule has 0 amide bonds. The molecule has 2 unspecified atom stereocenters. The Morgan fingerprint density at radius 1 is 1.24 bits per heavy atom. The Labute approximate surface area is 188 Å². The molecule has 33 heavy (non-hydrogen) atoms. The van der Waals surface area contributed by atoms with E-state index in [1.807, 2.05) is 0 Å². The van der Waals surface area contributed by atoms with Crippen LogP contribution in [-0.4, -0.2) is 67.9 Å². The average molecular weight is 555 g/mol. The van der Waals surface area contributed by atoms with E-state index in [0.29, 0.717) is 0 Å². The number of phosphoric ester groups is 1. The number of aromatic amines is 1. The third-order valence-corrected chi connectivity index (χ3v) is 8.55. The van der Waals surface area contributed by atoms with Crippen molar-refractivity contribution < 1.29 is 56.3 Å². The van der Waals surface area contributed by atoms with E-state index < -0.39 is 58.9 Å². The van der Waals surface area contributed by atoms with Gasteiger partial charge >= 0.3 is 23.5 Å². The van der Waals surface area contributed by atoms with Gasteiger partial charge in [-0.2, -0.15) is 8.62 Å². The molecular formula is C12H18ClN4O13P3. The third-order valence-electron chi connectivity index (χ3n) is 4.34. The van der Waals surface area contributed by atoms with Crippen LogP contribution < -0.4 is 5.56 Å². The fourth-order valence-corrected chi connectivity index (χ4v) is 6.36. The molecule has 0 aromatic carbocycles. The second-order valence-corrected chi connectivity index (χ2v) is 12.2. The second kappa shape index (κ2) is 8.88. The molecule has 2 aromatic heterocycles. The number of aromatic nitrogens is 4. The van der Waals surface area contributed by atoms with Gasteiger partial charge in [-0.15, -0.1) is 11.6 Å². The number of hydrogen-bond donors (Lipinski definition) is 6. The highest BCUT2D eigenvalue weighted by atomic mass is 35.5. The summed E-state index contributed by atoms with van der Waals surface area (Å²) in [5, 5.41) is 10.5. The summed E-state index contributed by atoms with van der Waals surface area (Å²) in [6, 6.07) is 0. The molecule has 3 rings (SSSR count). The van der Waals surface area contributed by atoms with E-state index >= 15 is 0 Å². The first-order valence-corrected chi connectivity index (χ1v) is 13.6. The molecule has 186 valence electrons. The zero-order chi connectivity index (χ0) is 25.0. The highest BCUT2D eigenvalue weighted by molar-refractivity contribution is 7.66. The molecule has 6 atom stereocenters. The highest BCUT2D eigenvalue weighted by Crippen LogP contribution is 2.66. The van der Waals surface area contributed by atoms with Gasteiger partial charge in [-0.05, 0) is 13.8 Å². The van der Waals surface area contributed by atoms with Gasteiger partial charge in [0.05, 0.1) is 12.9 Å². The predicted octanol–water partition coefficient (Wildman–Crippen LogP) is 0.0271. The van der Waals surface area contributed by atoms with Crippen LogP contribution in [0, 0.1) is 6.92 Å². The molecular weight excluding hydrogens is 537 g/mol. The predicted molar refractivity (Wildman–Crippen MR) is 107 cm³/mol. The fourth-order valence-electron chi connectivity index (χ4n) is 3.03. The molecule has 1 saturated heterocycles. The van der Waals surface area contributed by atoms with E-state index in [1.54, 1.807) is 0 Å². The zero-order valence-corrected chi connectivity index (χ0v) is 20.0. The Balaban J connectivity index is 1.78. The smallest absolute Gasteiger partial charge is 0.388 e. The van der Waals surface area contributed by atoms with Crippen LogP contribution in [0.4, 0.5) is 0 Å². The van der Waals surface area contributed by atoms with Gasteiger partial charge in [0.25, 0.3) is 5.56 Å². The Kier molecular flexibility index (Phi) is 7.15. The minimum Gasteiger partial charge on any atom is -0.388 e. The summed E-state index contributed by atoms with van der Waals surface area (Å²) >= 11 is 6.43. The van der Waals surface area contributed by atoms with Gasteiger partial charge in [0.15, 0.2) is 17.4 Å². The largest absolute Gasteiger partial charge is 0.490 e. The topological polar surface area (TPSA) is 253 Å². The Morgan fingerprint density at radius 3 is 2.48 bits per heavy atom. The van der Waals surface area contributed by atoms with Crippen LogP contribution in [0.15, 0.2) is 11.1 Å². The number of ether oxygens (including phenoxy) is 1. The average Bonchev–Trinajstić information content (AvgIpc) is 3.10. The normalized spacial score (nSPS) is 29.8. The van der Waals surface area contributed by atoms with Crippen LogP contribution in [0.1, 0.15) is 19.0 Å². The highest BCUT2D eigenvalue weighted by Gasteiger charge is 2.54. The summed E-state index contributed by atoms with van der Waals surface area (Å²) in [7, 11) is -16.7. The minimum atomic E-state index is -5.71. The van der Waals surface area contributed by atoms with E-state index in [-0.39, 0.29) is 17.0 Å². The summed E-state index contributed by atoms with van der Waals surface area (Å²) in [6.07, 6.45) is -2.99. The van der Waals surface area contributed by atoms with Gasteiger partial charge in [-0.25, -0.2) is 23.7 Å². The molecule has 3 heterocycles. The standard InChI is InChI=1S/C12H18ClN4O13P3/c1-5-15-9-7(10(19)16-5)14-4-17(9)11-12(2,13)8(18)6(28-11)3-27-32(23,24)30-33(25,26)29-31(20,21)22/h4,6,8,11,18H,3H2,1-2H3,(H,23,24)(H,25,26)(H,15,16,19)(H2,20,21,22)/t6-,8-,11-,12-/m1/s1. The van der Waals surface area contributed by atoms with Crippen molar-refractivity contribution in [3.05, 3.63) is 22.5 Å². The molecule has 6 N–H and O–H groups in total. The molecule has 0 spiro atoms. The van der Waals surface area contributed by atoms with Gasteiger partial charge in [0.1, 0.15) is 22.9 Å². The summed E-state index contributed by atoms with van der Waals surface area (Å²) in [4.78, 5) is 56.9.